The highest BCUT2D eigenvalue weighted by Crippen LogP contribution is 2.18. The Bertz CT molecular complexity index is 581. The number of methoxy groups -OCH3 is 1. The maximum Gasteiger partial charge on any atom is 0.120 e. The molecule has 2 aromatic carbocycles. The number of anilines is 1. The van der Waals surface area contributed by atoms with Gasteiger partial charge in [0.2, 0.25) is 0 Å². The predicted molar refractivity (Wildman–Crippen MR) is 93.3 cm³/mol. The second kappa shape index (κ2) is 9.06. The van der Waals surface area contributed by atoms with E-state index in [-0.39, 0.29) is 6.10 Å². The topological polar surface area (TPSA) is 39.7 Å². The van der Waals surface area contributed by atoms with Gasteiger partial charge in [-0.2, -0.15) is 0 Å². The summed E-state index contributed by atoms with van der Waals surface area (Å²) in [4.78, 5) is 0. The quantitative estimate of drug-likeness (QED) is 0.707. The lowest BCUT2D eigenvalue weighted by Crippen LogP contribution is -2.06. The smallest absolute Gasteiger partial charge is 0.120 e. The van der Waals surface area contributed by atoms with Gasteiger partial charge in [-0.05, 0) is 55.8 Å². The molecule has 0 aliphatic carbocycles. The third kappa shape index (κ3) is 6.20. The number of rotatable bonds is 9. The predicted octanol–water partition coefficient (Wildman–Crippen LogP) is 4.11. The van der Waals surface area contributed by atoms with Crippen molar-refractivity contribution in [1.29, 1.82) is 0 Å². The summed E-state index contributed by atoms with van der Waals surface area (Å²) in [6.45, 7) is 5.96. The molecule has 23 heavy (non-hydrogen) atoms. The number of nitrogens with one attached hydrogen (secondary N) is 1. The second-order valence-corrected chi connectivity index (χ2v) is 5.53. The van der Waals surface area contributed by atoms with Gasteiger partial charge in [-0.15, -0.1) is 0 Å². The van der Waals surface area contributed by atoms with E-state index in [4.69, 9.17) is 14.2 Å². The molecule has 0 spiro atoms. The zero-order valence-electron chi connectivity index (χ0n) is 14.0. The third-order valence-corrected chi connectivity index (χ3v) is 3.18. The van der Waals surface area contributed by atoms with Gasteiger partial charge in [0.05, 0.1) is 12.7 Å². The van der Waals surface area contributed by atoms with E-state index < -0.39 is 0 Å². The van der Waals surface area contributed by atoms with Crippen molar-refractivity contribution in [2.75, 3.05) is 25.6 Å². The van der Waals surface area contributed by atoms with E-state index in [1.807, 2.05) is 50.2 Å². The van der Waals surface area contributed by atoms with Gasteiger partial charge in [-0.3, -0.25) is 0 Å². The van der Waals surface area contributed by atoms with E-state index in [9.17, 15) is 0 Å². The number of ether oxygens (including phenoxy) is 3. The van der Waals surface area contributed by atoms with Crippen LogP contribution >= 0.6 is 0 Å². The highest BCUT2D eigenvalue weighted by atomic mass is 16.5. The molecule has 4 nitrogen and oxygen atoms in total. The average molecular weight is 315 g/mol. The molecule has 0 aliphatic heterocycles. The van der Waals surface area contributed by atoms with Gasteiger partial charge in [0.15, 0.2) is 0 Å². The first-order valence-electron chi connectivity index (χ1n) is 7.88. The van der Waals surface area contributed by atoms with Gasteiger partial charge < -0.3 is 19.5 Å². The molecular formula is C19H25NO3. The summed E-state index contributed by atoms with van der Waals surface area (Å²) < 4.78 is 16.2. The fourth-order valence-corrected chi connectivity index (χ4v) is 2.12. The van der Waals surface area contributed by atoms with Crippen molar-refractivity contribution in [1.82, 2.24) is 0 Å². The molecule has 124 valence electrons. The largest absolute Gasteiger partial charge is 0.491 e. The van der Waals surface area contributed by atoms with Gasteiger partial charge in [-0.25, -0.2) is 0 Å². The van der Waals surface area contributed by atoms with Crippen LogP contribution in [-0.4, -0.2) is 26.4 Å². The molecule has 0 amide bonds. The molecule has 0 aliphatic rings. The van der Waals surface area contributed by atoms with Crippen molar-refractivity contribution in [3.63, 3.8) is 0 Å². The van der Waals surface area contributed by atoms with Crippen LogP contribution in [0, 0.1) is 0 Å². The highest BCUT2D eigenvalue weighted by Gasteiger charge is 2.00. The molecule has 0 unspecified atom stereocenters. The molecule has 2 rings (SSSR count). The number of benzene rings is 2. The lowest BCUT2D eigenvalue weighted by molar-refractivity contribution is 0.146. The molecule has 2 aromatic rings. The van der Waals surface area contributed by atoms with Gasteiger partial charge in [0.1, 0.15) is 18.1 Å². The second-order valence-electron chi connectivity index (χ2n) is 5.53. The van der Waals surface area contributed by atoms with Crippen LogP contribution in [0.25, 0.3) is 0 Å². The van der Waals surface area contributed by atoms with Crippen LogP contribution in [0.5, 0.6) is 11.5 Å². The first-order valence-corrected chi connectivity index (χ1v) is 7.88. The number of hydrogen-bond donors (Lipinski definition) is 1. The summed E-state index contributed by atoms with van der Waals surface area (Å²) in [5.41, 5.74) is 2.24. The molecule has 0 bridgehead atoms. The van der Waals surface area contributed by atoms with Crippen LogP contribution in [0.15, 0.2) is 48.5 Å². The average Bonchev–Trinajstić information content (AvgIpc) is 2.54. The highest BCUT2D eigenvalue weighted by molar-refractivity contribution is 5.47. The standard InChI is InChI=1S/C19H25NO3/c1-15(2)23-19-6-4-5-16(13-19)14-20-17-7-9-18(10-8-17)22-12-11-21-3/h4-10,13,15,20H,11-12,14H2,1-3H3. The lowest BCUT2D eigenvalue weighted by atomic mass is 10.2. The Morgan fingerprint density at radius 2 is 1.74 bits per heavy atom. The first kappa shape index (κ1) is 17.2. The van der Waals surface area contributed by atoms with E-state index in [1.165, 1.54) is 5.56 Å². The van der Waals surface area contributed by atoms with Crippen LogP contribution in [0.1, 0.15) is 19.4 Å². The van der Waals surface area contributed by atoms with Crippen molar-refractivity contribution in [2.45, 2.75) is 26.5 Å². The SMILES string of the molecule is COCCOc1ccc(NCc2cccc(OC(C)C)c2)cc1. The normalized spacial score (nSPS) is 10.6. The fourth-order valence-electron chi connectivity index (χ4n) is 2.12. The van der Waals surface area contributed by atoms with Crippen LogP contribution in [0.2, 0.25) is 0 Å². The van der Waals surface area contributed by atoms with Crippen LogP contribution < -0.4 is 14.8 Å². The van der Waals surface area contributed by atoms with Crippen LogP contribution in [-0.2, 0) is 11.3 Å². The molecule has 0 saturated heterocycles. The molecule has 0 aromatic heterocycles. The Morgan fingerprint density at radius 1 is 0.957 bits per heavy atom. The summed E-state index contributed by atoms with van der Waals surface area (Å²) in [5, 5.41) is 3.40. The Hall–Kier alpha value is -2.20. The number of hydrogen-bond acceptors (Lipinski definition) is 4. The molecule has 0 saturated carbocycles. The zero-order valence-corrected chi connectivity index (χ0v) is 14.0. The minimum Gasteiger partial charge on any atom is -0.491 e. The van der Waals surface area contributed by atoms with Gasteiger partial charge in [0.25, 0.3) is 0 Å². The van der Waals surface area contributed by atoms with Gasteiger partial charge in [0, 0.05) is 19.3 Å². The Labute approximate surface area is 138 Å². The van der Waals surface area contributed by atoms with Gasteiger partial charge in [-0.1, -0.05) is 12.1 Å². The minimum atomic E-state index is 0.184. The monoisotopic (exact) mass is 315 g/mol. The van der Waals surface area contributed by atoms with Crippen molar-refractivity contribution in [2.24, 2.45) is 0 Å². The van der Waals surface area contributed by atoms with Crippen molar-refractivity contribution < 1.29 is 14.2 Å². The molecule has 1 N–H and O–H groups in total. The van der Waals surface area contributed by atoms with Gasteiger partial charge >= 0.3 is 0 Å². The fraction of sp³-hybridized carbons (Fsp3) is 0.368. The summed E-state index contributed by atoms with van der Waals surface area (Å²) in [6.07, 6.45) is 0.184. The van der Waals surface area contributed by atoms with Crippen LogP contribution in [0.4, 0.5) is 5.69 Å². The molecule has 0 fully saturated rings. The van der Waals surface area contributed by atoms with E-state index in [1.54, 1.807) is 7.11 Å². The first-order chi connectivity index (χ1) is 11.2. The zero-order chi connectivity index (χ0) is 16.5. The molecular weight excluding hydrogens is 290 g/mol. The molecule has 0 atom stereocenters. The molecule has 0 heterocycles. The lowest BCUT2D eigenvalue weighted by Gasteiger charge is -2.12. The summed E-state index contributed by atoms with van der Waals surface area (Å²) in [6, 6.07) is 16.1. The van der Waals surface area contributed by atoms with E-state index in [0.29, 0.717) is 13.2 Å². The Balaban J connectivity index is 1.85. The summed E-state index contributed by atoms with van der Waals surface area (Å²) in [5.74, 6) is 1.75. The van der Waals surface area contributed by atoms with Crippen molar-refractivity contribution >= 4 is 5.69 Å². The third-order valence-electron chi connectivity index (χ3n) is 3.18. The van der Waals surface area contributed by atoms with Crippen molar-refractivity contribution in [3.8, 4) is 11.5 Å². The van der Waals surface area contributed by atoms with E-state index in [0.717, 1.165) is 23.7 Å². The summed E-state index contributed by atoms with van der Waals surface area (Å²) >= 11 is 0. The van der Waals surface area contributed by atoms with E-state index in [2.05, 4.69) is 17.4 Å². The minimum absolute atomic E-state index is 0.184. The maximum atomic E-state index is 5.71. The maximum absolute atomic E-state index is 5.71. The van der Waals surface area contributed by atoms with Crippen molar-refractivity contribution in [3.05, 3.63) is 54.1 Å². The summed E-state index contributed by atoms with van der Waals surface area (Å²) in [7, 11) is 1.66. The van der Waals surface area contributed by atoms with Crippen LogP contribution in [0.3, 0.4) is 0 Å². The molecule has 4 heteroatoms. The Morgan fingerprint density at radius 3 is 2.43 bits per heavy atom. The Kier molecular flexibility index (Phi) is 6.76. The van der Waals surface area contributed by atoms with E-state index >= 15 is 0 Å². The molecule has 0 radical (unpaired) electrons.